The Morgan fingerprint density at radius 3 is 1.17 bits per heavy atom. The fourth-order valence-electron chi connectivity index (χ4n) is 7.43. The van der Waals surface area contributed by atoms with Gasteiger partial charge in [-0.05, 0) is 41.4 Å². The van der Waals surface area contributed by atoms with Gasteiger partial charge in [-0.2, -0.15) is 0 Å². The van der Waals surface area contributed by atoms with Gasteiger partial charge in [-0.25, -0.2) is 0 Å². The topological polar surface area (TPSA) is 25.8 Å². The minimum absolute atomic E-state index is 0. The van der Waals surface area contributed by atoms with Crippen LogP contribution in [0.3, 0.4) is 0 Å². The van der Waals surface area contributed by atoms with Crippen LogP contribution in [0.4, 0.5) is 0 Å². The van der Waals surface area contributed by atoms with Crippen LogP contribution in [-0.4, -0.2) is 9.97 Å². The predicted molar refractivity (Wildman–Crippen MR) is 191 cm³/mol. The van der Waals surface area contributed by atoms with Crippen LogP contribution < -0.4 is 0 Å². The minimum Gasteiger partial charge on any atom is -0.300 e. The van der Waals surface area contributed by atoms with E-state index in [1.54, 1.807) is 0 Å². The molecule has 6 aromatic carbocycles. The Balaban J connectivity index is 0.00000324. The molecule has 8 bridgehead atoms. The third kappa shape index (κ3) is 4.49. The summed E-state index contributed by atoms with van der Waals surface area (Å²) in [5.41, 5.74) is 7.21. The monoisotopic (exact) mass is 783 g/mol. The first-order valence-corrected chi connectivity index (χ1v) is 16.0. The van der Waals surface area contributed by atoms with Gasteiger partial charge >= 0.3 is 21.1 Å². The summed E-state index contributed by atoms with van der Waals surface area (Å²) >= 11 is 0. The molecule has 0 atom stereocenters. The van der Waals surface area contributed by atoms with Crippen molar-refractivity contribution < 1.29 is 21.1 Å². The van der Waals surface area contributed by atoms with Crippen LogP contribution in [0, 0.1) is 12.1 Å². The van der Waals surface area contributed by atoms with Crippen molar-refractivity contribution in [3.8, 4) is 22.5 Å². The van der Waals surface area contributed by atoms with Gasteiger partial charge in [0.15, 0.2) is 0 Å². The normalized spacial score (nSPS) is 14.6. The summed E-state index contributed by atoms with van der Waals surface area (Å²) in [5, 5.41) is 9.26. The zero-order valence-electron chi connectivity index (χ0n) is 26.8. The molecule has 0 unspecified atom stereocenters. The van der Waals surface area contributed by atoms with Crippen molar-refractivity contribution in [3.05, 3.63) is 156 Å². The van der Waals surface area contributed by atoms with E-state index in [0.29, 0.717) is 0 Å². The zero-order chi connectivity index (χ0) is 31.2. The third-order valence-corrected chi connectivity index (χ3v) is 10.1. The van der Waals surface area contributed by atoms with Crippen LogP contribution >= 0.6 is 0 Å². The summed E-state index contributed by atoms with van der Waals surface area (Å²) < 4.78 is 0. The van der Waals surface area contributed by atoms with Gasteiger partial charge in [0.25, 0.3) is 0 Å². The molecular formula is C44H32N2Pt. The summed E-state index contributed by atoms with van der Waals surface area (Å²) in [6, 6.07) is 51.4. The minimum atomic E-state index is -0.532. The van der Waals surface area contributed by atoms with Crippen molar-refractivity contribution in [2.75, 3.05) is 0 Å². The van der Waals surface area contributed by atoms with Crippen LogP contribution in [0.15, 0.2) is 121 Å². The van der Waals surface area contributed by atoms with E-state index in [1.165, 1.54) is 10.8 Å². The van der Waals surface area contributed by atoms with Crippen molar-refractivity contribution in [1.29, 1.82) is 0 Å². The summed E-state index contributed by atoms with van der Waals surface area (Å²) in [5.74, 6) is 0. The van der Waals surface area contributed by atoms with Crippen LogP contribution in [0.5, 0.6) is 0 Å². The van der Waals surface area contributed by atoms with Gasteiger partial charge in [0, 0.05) is 27.6 Å². The standard InChI is InChI=1S/C44H32N2.Pt/c1-43(2)31-21-27-13-5-9-17-33(27)37(25-31)39-23-29-15-7-11-19-35(29)41(45-39)44(3,4)42-36-20-12-8-16-30(36)24-40(46-42)38-26-32(43)22-28-14-6-10-18-34(28)38;/h5-24H,1-4H3;/q-2;+2. The van der Waals surface area contributed by atoms with Gasteiger partial charge in [-0.15, -0.1) is 57.3 Å². The molecule has 0 saturated heterocycles. The molecule has 0 N–H and O–H groups in total. The van der Waals surface area contributed by atoms with Crippen molar-refractivity contribution in [2.24, 2.45) is 0 Å². The molecule has 8 aromatic rings. The van der Waals surface area contributed by atoms with Gasteiger partial charge < -0.3 is 0 Å². The maximum absolute atomic E-state index is 5.57. The van der Waals surface area contributed by atoms with Crippen molar-refractivity contribution >= 4 is 43.1 Å². The van der Waals surface area contributed by atoms with E-state index >= 15 is 0 Å². The Bertz CT molecular complexity index is 2370. The predicted octanol–water partition coefficient (Wildman–Crippen LogP) is 11.0. The fourth-order valence-corrected chi connectivity index (χ4v) is 7.43. The molecule has 3 heteroatoms. The number of benzene rings is 6. The molecule has 228 valence electrons. The Hall–Kier alpha value is -4.65. The maximum atomic E-state index is 5.57. The molecule has 0 aliphatic carbocycles. The Labute approximate surface area is 289 Å². The zero-order valence-corrected chi connectivity index (χ0v) is 29.0. The molecule has 0 radical (unpaired) electrons. The van der Waals surface area contributed by atoms with Gasteiger partial charge in [0.05, 0.1) is 0 Å². The fraction of sp³-hybridized carbons (Fsp3) is 0.136. The number of hydrogen-bond acceptors (Lipinski definition) is 2. The molecule has 0 fully saturated rings. The molecule has 2 aromatic heterocycles. The molecule has 2 nitrogen and oxygen atoms in total. The van der Waals surface area contributed by atoms with E-state index in [0.717, 1.165) is 77.3 Å². The smallest absolute Gasteiger partial charge is 0.300 e. The first-order chi connectivity index (χ1) is 22.3. The summed E-state index contributed by atoms with van der Waals surface area (Å²) in [4.78, 5) is 11.1. The second-order valence-corrected chi connectivity index (χ2v) is 13.7. The van der Waals surface area contributed by atoms with E-state index in [4.69, 9.17) is 9.97 Å². The van der Waals surface area contributed by atoms with Crippen LogP contribution in [-0.2, 0) is 31.9 Å². The Morgan fingerprint density at radius 1 is 0.426 bits per heavy atom. The molecular weight excluding hydrogens is 752 g/mol. The number of rotatable bonds is 0. The molecule has 1 aliphatic rings. The largest absolute Gasteiger partial charge is 2.00 e. The third-order valence-electron chi connectivity index (χ3n) is 10.1. The second-order valence-electron chi connectivity index (χ2n) is 13.7. The molecule has 1 aliphatic heterocycles. The Kier molecular flexibility index (Phi) is 6.76. The first-order valence-electron chi connectivity index (χ1n) is 16.0. The van der Waals surface area contributed by atoms with Crippen molar-refractivity contribution in [2.45, 2.75) is 38.5 Å². The van der Waals surface area contributed by atoms with Crippen LogP contribution in [0.25, 0.3) is 65.6 Å². The molecule has 47 heavy (non-hydrogen) atoms. The number of nitrogens with zero attached hydrogens (tertiary/aromatic N) is 2. The van der Waals surface area contributed by atoms with Crippen LogP contribution in [0.1, 0.15) is 50.2 Å². The van der Waals surface area contributed by atoms with E-state index in [1.807, 2.05) is 0 Å². The summed E-state index contributed by atoms with van der Waals surface area (Å²) in [6.07, 6.45) is 0. The van der Waals surface area contributed by atoms with Crippen LogP contribution in [0.2, 0.25) is 0 Å². The van der Waals surface area contributed by atoms with Crippen molar-refractivity contribution in [1.82, 2.24) is 9.97 Å². The molecule has 3 heterocycles. The average molecular weight is 784 g/mol. The van der Waals surface area contributed by atoms with Gasteiger partial charge in [-0.1, -0.05) is 134 Å². The Morgan fingerprint density at radius 2 is 0.766 bits per heavy atom. The van der Waals surface area contributed by atoms with Gasteiger partial charge in [0.1, 0.15) is 0 Å². The number of hydrogen-bond donors (Lipinski definition) is 0. The molecule has 0 saturated carbocycles. The molecule has 0 spiro atoms. The molecule has 0 amide bonds. The van der Waals surface area contributed by atoms with E-state index in [-0.39, 0.29) is 21.1 Å². The number of aromatic nitrogens is 2. The van der Waals surface area contributed by atoms with Crippen molar-refractivity contribution in [3.63, 3.8) is 0 Å². The quantitative estimate of drug-likeness (QED) is 0.143. The average Bonchev–Trinajstić information content (AvgIpc) is 3.09. The number of fused-ring (bicyclic) bond motifs is 18. The molecule has 9 rings (SSSR count). The van der Waals surface area contributed by atoms with E-state index in [2.05, 4.69) is 161 Å². The second kappa shape index (κ2) is 10.7. The number of pyridine rings is 2. The summed E-state index contributed by atoms with van der Waals surface area (Å²) in [6.45, 7) is 9.12. The first kappa shape index (κ1) is 29.7. The van der Waals surface area contributed by atoms with Gasteiger partial charge in [-0.3, -0.25) is 9.97 Å². The van der Waals surface area contributed by atoms with E-state index < -0.39 is 10.8 Å². The van der Waals surface area contributed by atoms with Gasteiger partial charge in [0.2, 0.25) is 0 Å². The SMILES string of the molecule is CC1(C)c2[c-]c(c3ccccc3c2)-c2cc3ccccc3c(n2)C(C)(C)c2nc(cc3ccccc23)-c2[c-]c1cc1ccccc21.[Pt+2]. The summed E-state index contributed by atoms with van der Waals surface area (Å²) in [7, 11) is 0. The van der Waals surface area contributed by atoms with E-state index in [9.17, 15) is 0 Å². The maximum Gasteiger partial charge on any atom is 2.00 e.